The van der Waals surface area contributed by atoms with Crippen molar-refractivity contribution in [3.63, 3.8) is 0 Å². The van der Waals surface area contributed by atoms with Crippen LogP contribution in [0.5, 0.6) is 5.75 Å². The molecule has 4 nitrogen and oxygen atoms in total. The molecule has 0 amide bonds. The van der Waals surface area contributed by atoms with Crippen molar-refractivity contribution in [1.82, 2.24) is 4.57 Å². The lowest BCUT2D eigenvalue weighted by molar-refractivity contribution is 0.340. The van der Waals surface area contributed by atoms with Gasteiger partial charge in [0.15, 0.2) is 0 Å². The van der Waals surface area contributed by atoms with Crippen LogP contribution in [0.4, 0.5) is 0 Å². The zero-order valence-corrected chi connectivity index (χ0v) is 13.0. The van der Waals surface area contributed by atoms with E-state index in [2.05, 4.69) is 6.92 Å². The molecule has 2 aromatic rings. The van der Waals surface area contributed by atoms with E-state index >= 15 is 0 Å². The lowest BCUT2D eigenvalue weighted by Gasteiger charge is -2.14. The third-order valence-corrected chi connectivity index (χ3v) is 3.47. The molecule has 4 heteroatoms. The standard InChI is InChI=1S/C18H20N2O2/c1-3-5-11-20-17(10-9-15(13-19)18(20)21)14-7-6-8-16(12-14)22-4-2/h6-10,12H,3-5,11H2,1-2H3. The van der Waals surface area contributed by atoms with Gasteiger partial charge in [0, 0.05) is 12.1 Å². The number of nitriles is 1. The van der Waals surface area contributed by atoms with Crippen LogP contribution in [0.1, 0.15) is 32.3 Å². The SMILES string of the molecule is CCCCn1c(-c2cccc(OCC)c2)ccc(C#N)c1=O. The maximum absolute atomic E-state index is 12.4. The minimum atomic E-state index is -0.227. The Hall–Kier alpha value is -2.54. The molecular weight excluding hydrogens is 276 g/mol. The molecule has 0 fully saturated rings. The highest BCUT2D eigenvalue weighted by Gasteiger charge is 2.10. The first-order valence-corrected chi connectivity index (χ1v) is 7.58. The Kier molecular flexibility index (Phi) is 5.37. The Balaban J connectivity index is 2.54. The van der Waals surface area contributed by atoms with E-state index in [0.717, 1.165) is 29.8 Å². The minimum Gasteiger partial charge on any atom is -0.494 e. The normalized spacial score (nSPS) is 10.2. The highest BCUT2D eigenvalue weighted by molar-refractivity contribution is 5.62. The van der Waals surface area contributed by atoms with Gasteiger partial charge in [-0.1, -0.05) is 25.5 Å². The molecule has 0 saturated heterocycles. The summed E-state index contributed by atoms with van der Waals surface area (Å²) < 4.78 is 7.21. The molecular formula is C18H20N2O2. The molecule has 0 aliphatic heterocycles. The van der Waals surface area contributed by atoms with Crippen LogP contribution in [0.3, 0.4) is 0 Å². The predicted octanol–water partition coefficient (Wildman–Crippen LogP) is 3.59. The van der Waals surface area contributed by atoms with E-state index in [1.165, 1.54) is 0 Å². The molecule has 1 aromatic heterocycles. The number of ether oxygens (including phenoxy) is 1. The molecule has 2 rings (SSSR count). The van der Waals surface area contributed by atoms with E-state index in [-0.39, 0.29) is 11.1 Å². The van der Waals surface area contributed by atoms with Crippen molar-refractivity contribution in [1.29, 1.82) is 5.26 Å². The van der Waals surface area contributed by atoms with Gasteiger partial charge in [0.25, 0.3) is 5.56 Å². The molecule has 0 saturated carbocycles. The summed E-state index contributed by atoms with van der Waals surface area (Å²) in [5.41, 5.74) is 1.69. The van der Waals surface area contributed by atoms with E-state index in [4.69, 9.17) is 10.00 Å². The van der Waals surface area contributed by atoms with Crippen LogP contribution in [0.25, 0.3) is 11.3 Å². The zero-order valence-electron chi connectivity index (χ0n) is 13.0. The topological polar surface area (TPSA) is 55.0 Å². The van der Waals surface area contributed by atoms with Gasteiger partial charge >= 0.3 is 0 Å². The molecule has 0 atom stereocenters. The first kappa shape index (κ1) is 15.8. The maximum atomic E-state index is 12.4. The summed E-state index contributed by atoms with van der Waals surface area (Å²) in [4.78, 5) is 12.4. The molecule has 22 heavy (non-hydrogen) atoms. The largest absolute Gasteiger partial charge is 0.494 e. The van der Waals surface area contributed by atoms with Gasteiger partial charge in [-0.25, -0.2) is 0 Å². The first-order valence-electron chi connectivity index (χ1n) is 7.58. The van der Waals surface area contributed by atoms with Gasteiger partial charge in [-0.05, 0) is 37.6 Å². The van der Waals surface area contributed by atoms with Gasteiger partial charge < -0.3 is 9.30 Å². The molecule has 0 unspecified atom stereocenters. The molecule has 0 N–H and O–H groups in total. The zero-order chi connectivity index (χ0) is 15.9. The summed E-state index contributed by atoms with van der Waals surface area (Å²) in [5, 5.41) is 9.06. The Morgan fingerprint density at radius 3 is 2.73 bits per heavy atom. The Morgan fingerprint density at radius 2 is 2.05 bits per heavy atom. The lowest BCUT2D eigenvalue weighted by Crippen LogP contribution is -2.24. The van der Waals surface area contributed by atoms with Crippen LogP contribution >= 0.6 is 0 Å². The highest BCUT2D eigenvalue weighted by Crippen LogP contribution is 2.23. The molecule has 1 aromatic carbocycles. The lowest BCUT2D eigenvalue weighted by atomic mass is 10.1. The van der Waals surface area contributed by atoms with Crippen LogP contribution in [0.2, 0.25) is 0 Å². The number of aromatic nitrogens is 1. The predicted molar refractivity (Wildman–Crippen MR) is 86.9 cm³/mol. The number of hydrogen-bond acceptors (Lipinski definition) is 3. The average Bonchev–Trinajstić information content (AvgIpc) is 2.54. The van der Waals surface area contributed by atoms with Gasteiger partial charge in [-0.3, -0.25) is 4.79 Å². The van der Waals surface area contributed by atoms with Gasteiger partial charge in [0.05, 0.1) is 12.3 Å². The number of rotatable bonds is 6. The van der Waals surface area contributed by atoms with E-state index in [1.807, 2.05) is 43.3 Å². The first-order chi connectivity index (χ1) is 10.7. The number of pyridine rings is 1. The van der Waals surface area contributed by atoms with Crippen molar-refractivity contribution in [2.75, 3.05) is 6.61 Å². The number of unbranched alkanes of at least 4 members (excludes halogenated alkanes) is 1. The minimum absolute atomic E-state index is 0.181. The maximum Gasteiger partial charge on any atom is 0.268 e. The van der Waals surface area contributed by atoms with Gasteiger partial charge in [-0.15, -0.1) is 0 Å². The van der Waals surface area contributed by atoms with Crippen molar-refractivity contribution in [3.8, 4) is 23.1 Å². The second kappa shape index (κ2) is 7.46. The number of benzene rings is 1. The monoisotopic (exact) mass is 296 g/mol. The second-order valence-electron chi connectivity index (χ2n) is 5.02. The van der Waals surface area contributed by atoms with Crippen molar-refractivity contribution < 1.29 is 4.74 Å². The Bertz CT molecular complexity index is 741. The van der Waals surface area contributed by atoms with Crippen LogP contribution in [-0.2, 0) is 6.54 Å². The molecule has 114 valence electrons. The van der Waals surface area contributed by atoms with Crippen molar-refractivity contribution in [2.45, 2.75) is 33.2 Å². The molecule has 1 heterocycles. The summed E-state index contributed by atoms with van der Waals surface area (Å²) in [7, 11) is 0. The third-order valence-electron chi connectivity index (χ3n) is 3.47. The van der Waals surface area contributed by atoms with E-state index in [0.29, 0.717) is 13.2 Å². The summed E-state index contributed by atoms with van der Waals surface area (Å²) in [6.45, 7) is 5.22. The summed E-state index contributed by atoms with van der Waals surface area (Å²) in [5.74, 6) is 0.777. The summed E-state index contributed by atoms with van der Waals surface area (Å²) in [6.07, 6.45) is 1.88. The fourth-order valence-corrected chi connectivity index (χ4v) is 2.37. The van der Waals surface area contributed by atoms with Gasteiger partial charge in [0.2, 0.25) is 0 Å². The number of nitrogens with zero attached hydrogens (tertiary/aromatic N) is 2. The Labute approximate surface area is 130 Å². The number of hydrogen-bond donors (Lipinski definition) is 0. The molecule has 0 bridgehead atoms. The smallest absolute Gasteiger partial charge is 0.268 e. The van der Waals surface area contributed by atoms with Gasteiger partial charge in [-0.2, -0.15) is 5.26 Å². The molecule has 0 aliphatic rings. The Morgan fingerprint density at radius 1 is 1.23 bits per heavy atom. The fourth-order valence-electron chi connectivity index (χ4n) is 2.37. The summed E-state index contributed by atoms with van der Waals surface area (Å²) in [6, 6.07) is 13.1. The quantitative estimate of drug-likeness (QED) is 0.818. The van der Waals surface area contributed by atoms with Crippen LogP contribution in [-0.4, -0.2) is 11.2 Å². The fraction of sp³-hybridized carbons (Fsp3) is 0.333. The van der Waals surface area contributed by atoms with E-state index < -0.39 is 0 Å². The highest BCUT2D eigenvalue weighted by atomic mass is 16.5. The van der Waals surface area contributed by atoms with E-state index in [9.17, 15) is 4.79 Å². The van der Waals surface area contributed by atoms with Crippen molar-refractivity contribution in [2.24, 2.45) is 0 Å². The second-order valence-corrected chi connectivity index (χ2v) is 5.02. The van der Waals surface area contributed by atoms with Crippen molar-refractivity contribution in [3.05, 3.63) is 52.3 Å². The van der Waals surface area contributed by atoms with Crippen LogP contribution in [0.15, 0.2) is 41.2 Å². The van der Waals surface area contributed by atoms with E-state index in [1.54, 1.807) is 10.6 Å². The van der Waals surface area contributed by atoms with Crippen LogP contribution < -0.4 is 10.3 Å². The van der Waals surface area contributed by atoms with Crippen molar-refractivity contribution >= 4 is 0 Å². The van der Waals surface area contributed by atoms with Crippen LogP contribution in [0, 0.1) is 11.3 Å². The molecule has 0 radical (unpaired) electrons. The molecule has 0 aliphatic carbocycles. The summed E-state index contributed by atoms with van der Waals surface area (Å²) >= 11 is 0. The third kappa shape index (κ3) is 3.37. The molecule has 0 spiro atoms. The van der Waals surface area contributed by atoms with Gasteiger partial charge in [0.1, 0.15) is 17.4 Å². The average molecular weight is 296 g/mol.